The number of anilines is 1. The number of hydrogen-bond donors (Lipinski definition) is 1. The molecular weight excluding hydrogens is 753 g/mol. The average molecular weight is 781 g/mol. The number of nitriles is 1. The zero-order valence-corrected chi connectivity index (χ0v) is 32.2. The molecule has 1 N–H and O–H groups in total. The van der Waals surface area contributed by atoms with Crippen LogP contribution in [0.2, 0.25) is 0 Å². The smallest absolute Gasteiger partial charge is 0.415 e. The molecule has 244 valence electrons. The Morgan fingerprint density at radius 3 is 2.26 bits per heavy atom. The van der Waals surface area contributed by atoms with Gasteiger partial charge >= 0.3 is 75.5 Å². The number of aldehydes is 1. The molecule has 6 rings (SSSR count). The maximum atomic E-state index is 12.7. The molecule has 0 aliphatic heterocycles. The standard InChI is InChI=1S/C13H13F2N3O.C8H7F2N3O.C7H5F2N3.CH3.Cs/c1-13(2)4-7(6-19)8-5-16-10-3-9(12(14)15)17-18(10)11(8)13;1-12-6-2-5(3-11)7(13-4-6)14-8(9)10;8-7(9)5-4-6-10-2-1-3-12(6)11-5;;/h3,5-7,12H,4H2,1-2H3;2,4,8,12H,1H3;1-4,7H;1H3;/q;;;-1;+1. The fraction of sp³-hybridized carbons (Fsp3) is 0.310. The third-order valence-corrected chi connectivity index (χ3v) is 6.63. The van der Waals surface area contributed by atoms with Crippen LogP contribution in [0.3, 0.4) is 0 Å². The van der Waals surface area contributed by atoms with E-state index in [2.05, 4.69) is 35.2 Å². The predicted molar refractivity (Wildman–Crippen MR) is 154 cm³/mol. The first kappa shape index (κ1) is 40.0. The largest absolute Gasteiger partial charge is 1.00 e. The molecule has 0 bridgehead atoms. The van der Waals surface area contributed by atoms with Crippen LogP contribution in [0.5, 0.6) is 5.88 Å². The van der Waals surface area contributed by atoms with Gasteiger partial charge < -0.3 is 22.3 Å². The number of hydrogen-bond acceptors (Lipinski definition) is 9. The molecule has 1 atom stereocenters. The van der Waals surface area contributed by atoms with Crippen LogP contribution in [0.1, 0.15) is 67.2 Å². The molecule has 0 aromatic carbocycles. The number of aromatic nitrogens is 7. The van der Waals surface area contributed by atoms with E-state index >= 15 is 0 Å². The fourth-order valence-electron chi connectivity index (χ4n) is 4.70. The summed E-state index contributed by atoms with van der Waals surface area (Å²) in [5.41, 5.74) is 2.15. The molecule has 0 saturated carbocycles. The summed E-state index contributed by atoms with van der Waals surface area (Å²) in [4.78, 5) is 22.7. The van der Waals surface area contributed by atoms with Crippen LogP contribution in [-0.4, -0.2) is 54.1 Å². The van der Waals surface area contributed by atoms with E-state index in [1.165, 1.54) is 39.6 Å². The van der Waals surface area contributed by atoms with E-state index in [1.54, 1.807) is 31.6 Å². The number of halogens is 6. The Kier molecular flexibility index (Phi) is 14.7. The van der Waals surface area contributed by atoms with Gasteiger partial charge in [0.25, 0.3) is 12.9 Å². The maximum absolute atomic E-state index is 12.7. The van der Waals surface area contributed by atoms with Crippen LogP contribution >= 0.6 is 0 Å². The molecule has 0 fully saturated rings. The van der Waals surface area contributed by atoms with Gasteiger partial charge in [0.15, 0.2) is 11.3 Å². The molecule has 18 heteroatoms. The van der Waals surface area contributed by atoms with E-state index in [0.29, 0.717) is 23.4 Å². The molecular formula is C29H28CsF6N9O2. The fourth-order valence-corrected chi connectivity index (χ4v) is 4.70. The zero-order chi connectivity index (χ0) is 32.9. The third kappa shape index (κ3) is 9.45. The molecule has 5 aromatic rings. The Bertz CT molecular complexity index is 1810. The van der Waals surface area contributed by atoms with E-state index in [0.717, 1.165) is 17.5 Å². The average Bonchev–Trinajstić information content (AvgIpc) is 3.71. The number of nitrogens with zero attached hydrogens (tertiary/aromatic N) is 8. The molecule has 0 amide bonds. The Morgan fingerprint density at radius 1 is 1.02 bits per heavy atom. The Labute approximate surface area is 324 Å². The van der Waals surface area contributed by atoms with Gasteiger partial charge in [0, 0.05) is 54.7 Å². The number of fused-ring (bicyclic) bond motifs is 4. The van der Waals surface area contributed by atoms with Crippen molar-refractivity contribution in [3.8, 4) is 11.9 Å². The third-order valence-electron chi connectivity index (χ3n) is 6.63. The minimum absolute atomic E-state index is 0. The van der Waals surface area contributed by atoms with Crippen molar-refractivity contribution in [1.82, 2.24) is 34.2 Å². The Morgan fingerprint density at radius 2 is 1.68 bits per heavy atom. The summed E-state index contributed by atoms with van der Waals surface area (Å²) >= 11 is 0. The molecule has 0 spiro atoms. The predicted octanol–water partition coefficient (Wildman–Crippen LogP) is 3.35. The monoisotopic (exact) mass is 781 g/mol. The van der Waals surface area contributed by atoms with E-state index in [9.17, 15) is 31.1 Å². The normalized spacial score (nSPS) is 14.2. The summed E-state index contributed by atoms with van der Waals surface area (Å²) in [7, 11) is 1.63. The summed E-state index contributed by atoms with van der Waals surface area (Å²) < 4.78 is 80.2. The van der Waals surface area contributed by atoms with Crippen molar-refractivity contribution in [1.29, 1.82) is 5.26 Å². The van der Waals surface area contributed by atoms with Gasteiger partial charge in [0.1, 0.15) is 29.3 Å². The molecule has 5 aromatic heterocycles. The van der Waals surface area contributed by atoms with E-state index < -0.39 is 19.5 Å². The van der Waals surface area contributed by atoms with Crippen molar-refractivity contribution in [2.24, 2.45) is 0 Å². The maximum Gasteiger partial charge on any atom is 1.00 e. The number of rotatable bonds is 6. The first-order valence-corrected chi connectivity index (χ1v) is 13.1. The van der Waals surface area contributed by atoms with Crippen molar-refractivity contribution < 1.29 is 105 Å². The summed E-state index contributed by atoms with van der Waals surface area (Å²) in [6, 6.07) is 7.28. The molecule has 5 heterocycles. The number of ether oxygens (including phenoxy) is 1. The molecule has 1 aliphatic rings. The van der Waals surface area contributed by atoms with Crippen LogP contribution in [0.4, 0.5) is 32.0 Å². The van der Waals surface area contributed by atoms with Gasteiger partial charge in [-0.05, 0) is 18.6 Å². The Hall–Kier alpha value is -3.22. The van der Waals surface area contributed by atoms with E-state index in [4.69, 9.17) is 5.26 Å². The molecule has 1 unspecified atom stereocenters. The van der Waals surface area contributed by atoms with Gasteiger partial charge in [0.2, 0.25) is 5.88 Å². The van der Waals surface area contributed by atoms with Crippen LogP contribution in [0, 0.1) is 18.8 Å². The number of carbonyl (C=O) groups excluding carboxylic acids is 1. The van der Waals surface area contributed by atoms with Gasteiger partial charge in [-0.15, -0.1) is 0 Å². The second-order valence-electron chi connectivity index (χ2n) is 10.1. The van der Waals surface area contributed by atoms with Crippen molar-refractivity contribution >= 4 is 23.3 Å². The summed E-state index contributed by atoms with van der Waals surface area (Å²) in [5, 5.41) is 18.9. The van der Waals surface area contributed by atoms with Crippen molar-refractivity contribution in [2.75, 3.05) is 12.4 Å². The van der Waals surface area contributed by atoms with Crippen LogP contribution in [0.25, 0.3) is 11.3 Å². The van der Waals surface area contributed by atoms with Crippen LogP contribution in [-0.2, 0) is 10.2 Å². The quantitative estimate of drug-likeness (QED) is 0.157. The summed E-state index contributed by atoms with van der Waals surface area (Å²) in [6.45, 7) is 0.992. The van der Waals surface area contributed by atoms with Gasteiger partial charge in [-0.3, -0.25) is 0 Å². The minimum Gasteiger partial charge on any atom is -0.415 e. The minimum atomic E-state index is -2.98. The SMILES string of the molecule is CC1(C)CC(C=O)c2cnc3cc(C(F)F)nn3c21.CNc1cnc(OC(F)F)c(C#N)c1.FC(F)c1cc2ncccn2n1.[CH3-].[Cs+]. The van der Waals surface area contributed by atoms with Gasteiger partial charge in [-0.2, -0.15) is 24.2 Å². The molecule has 47 heavy (non-hydrogen) atoms. The molecule has 11 nitrogen and oxygen atoms in total. The van der Waals surface area contributed by atoms with Crippen LogP contribution < -0.4 is 78.9 Å². The summed E-state index contributed by atoms with van der Waals surface area (Å²) in [5.74, 6) is -0.595. The second-order valence-corrected chi connectivity index (χ2v) is 10.1. The topological polar surface area (TPSA) is 135 Å². The van der Waals surface area contributed by atoms with E-state index in [1.807, 2.05) is 13.8 Å². The van der Waals surface area contributed by atoms with Crippen molar-refractivity contribution in [3.05, 3.63) is 84.7 Å². The number of pyridine rings is 1. The number of nitrogens with one attached hydrogen (secondary N) is 1. The first-order chi connectivity index (χ1) is 21.4. The zero-order valence-electron chi connectivity index (χ0n) is 25.9. The van der Waals surface area contributed by atoms with E-state index in [-0.39, 0.29) is 110 Å². The number of carbonyl (C=O) groups is 1. The molecule has 0 radical (unpaired) electrons. The van der Waals surface area contributed by atoms with Gasteiger partial charge in [-0.25, -0.2) is 41.5 Å². The second kappa shape index (κ2) is 17.3. The van der Waals surface area contributed by atoms with Gasteiger partial charge in [0.05, 0.1) is 17.6 Å². The Balaban J connectivity index is 0.000000247. The van der Waals surface area contributed by atoms with Crippen LogP contribution in [0.15, 0.2) is 49.1 Å². The number of alkyl halides is 6. The van der Waals surface area contributed by atoms with Crippen molar-refractivity contribution in [3.63, 3.8) is 0 Å². The first-order valence-electron chi connectivity index (χ1n) is 13.1. The molecule has 1 aliphatic carbocycles. The molecule has 0 saturated heterocycles. The van der Waals surface area contributed by atoms with Gasteiger partial charge in [-0.1, -0.05) is 13.8 Å². The van der Waals surface area contributed by atoms with Crippen molar-refractivity contribution in [2.45, 2.75) is 51.1 Å². The summed E-state index contributed by atoms with van der Waals surface area (Å²) in [6.07, 6.45) is 2.40.